The molecule has 0 atom stereocenters. The zero-order valence-electron chi connectivity index (χ0n) is 11.9. The number of hydrogen-bond acceptors (Lipinski definition) is 4. The fourth-order valence-electron chi connectivity index (χ4n) is 1.86. The molecular weight excluding hydrogens is 232 g/mol. The Balaban J connectivity index is 3.55. The third-order valence-corrected chi connectivity index (χ3v) is 2.84. The molecule has 1 aromatic rings. The summed E-state index contributed by atoms with van der Waals surface area (Å²) < 4.78 is 10.5. The van der Waals surface area contributed by atoms with Gasteiger partial charge in [-0.2, -0.15) is 0 Å². The van der Waals surface area contributed by atoms with Crippen LogP contribution in [0.5, 0.6) is 11.5 Å². The molecule has 0 saturated heterocycles. The monoisotopic (exact) mass is 254 g/mol. The standard InChI is InChI=1S/C14H22O4/c1-13(2,15)9-7-10(14(3,4)16)12(18-6)8-11(9)17-5/h7-8,15-16H,1-6H3. The summed E-state index contributed by atoms with van der Waals surface area (Å²) >= 11 is 0. The van der Waals surface area contributed by atoms with E-state index < -0.39 is 11.2 Å². The van der Waals surface area contributed by atoms with E-state index in [0.717, 1.165) is 0 Å². The van der Waals surface area contributed by atoms with Crippen molar-refractivity contribution in [2.75, 3.05) is 14.2 Å². The van der Waals surface area contributed by atoms with Gasteiger partial charge < -0.3 is 19.7 Å². The molecule has 0 aliphatic heterocycles. The molecule has 0 aromatic heterocycles. The molecule has 1 aromatic carbocycles. The largest absolute Gasteiger partial charge is 0.496 e. The van der Waals surface area contributed by atoms with Crippen LogP contribution in [0.2, 0.25) is 0 Å². The van der Waals surface area contributed by atoms with Crippen LogP contribution < -0.4 is 9.47 Å². The van der Waals surface area contributed by atoms with Gasteiger partial charge in [0.05, 0.1) is 25.4 Å². The normalized spacial score (nSPS) is 12.4. The first-order chi connectivity index (χ1) is 8.11. The zero-order valence-corrected chi connectivity index (χ0v) is 11.9. The van der Waals surface area contributed by atoms with E-state index in [-0.39, 0.29) is 0 Å². The van der Waals surface area contributed by atoms with Crippen molar-refractivity contribution in [3.8, 4) is 11.5 Å². The molecule has 0 heterocycles. The minimum Gasteiger partial charge on any atom is -0.496 e. The number of hydrogen-bond donors (Lipinski definition) is 2. The van der Waals surface area contributed by atoms with Crippen LogP contribution in [0.15, 0.2) is 12.1 Å². The molecule has 0 amide bonds. The Kier molecular flexibility index (Phi) is 3.93. The zero-order chi connectivity index (χ0) is 14.1. The van der Waals surface area contributed by atoms with Gasteiger partial charge in [0.1, 0.15) is 11.5 Å². The van der Waals surface area contributed by atoms with Crippen LogP contribution in [0.4, 0.5) is 0 Å². The lowest BCUT2D eigenvalue weighted by molar-refractivity contribution is 0.0681. The van der Waals surface area contributed by atoms with Gasteiger partial charge in [-0.25, -0.2) is 0 Å². The molecule has 0 bridgehead atoms. The SMILES string of the molecule is COc1cc(OC)c(C(C)(C)O)cc1C(C)(C)O. The predicted molar refractivity (Wildman–Crippen MR) is 70.0 cm³/mol. The predicted octanol–water partition coefficient (Wildman–Crippen LogP) is 2.16. The highest BCUT2D eigenvalue weighted by Gasteiger charge is 2.28. The van der Waals surface area contributed by atoms with Crippen molar-refractivity contribution < 1.29 is 19.7 Å². The van der Waals surface area contributed by atoms with Crippen LogP contribution in [0.1, 0.15) is 38.8 Å². The number of aliphatic hydroxyl groups is 2. The molecule has 0 aliphatic rings. The summed E-state index contributed by atoms with van der Waals surface area (Å²) in [5.41, 5.74) is -0.888. The summed E-state index contributed by atoms with van der Waals surface area (Å²) in [6.45, 7) is 6.69. The maximum atomic E-state index is 10.2. The molecule has 0 radical (unpaired) electrons. The number of rotatable bonds is 4. The number of ether oxygens (including phenoxy) is 2. The Labute approximate surface area is 108 Å². The Morgan fingerprint density at radius 3 is 1.33 bits per heavy atom. The van der Waals surface area contributed by atoms with Crippen LogP contribution in [0, 0.1) is 0 Å². The van der Waals surface area contributed by atoms with Gasteiger partial charge in [0.15, 0.2) is 0 Å². The molecule has 0 spiro atoms. The van der Waals surface area contributed by atoms with E-state index in [1.165, 1.54) is 14.2 Å². The molecule has 0 aliphatic carbocycles. The van der Waals surface area contributed by atoms with Crippen molar-refractivity contribution in [3.63, 3.8) is 0 Å². The van der Waals surface area contributed by atoms with Gasteiger partial charge in [0.25, 0.3) is 0 Å². The summed E-state index contributed by atoms with van der Waals surface area (Å²) in [6, 6.07) is 3.40. The maximum absolute atomic E-state index is 10.2. The van der Waals surface area contributed by atoms with Crippen molar-refractivity contribution in [2.45, 2.75) is 38.9 Å². The fraction of sp³-hybridized carbons (Fsp3) is 0.571. The topological polar surface area (TPSA) is 58.9 Å². The first-order valence-corrected chi connectivity index (χ1v) is 5.83. The van der Waals surface area contributed by atoms with Crippen LogP contribution in [-0.4, -0.2) is 24.4 Å². The van der Waals surface area contributed by atoms with E-state index in [9.17, 15) is 10.2 Å². The lowest BCUT2D eigenvalue weighted by Crippen LogP contribution is -2.22. The van der Waals surface area contributed by atoms with Gasteiger partial charge in [-0.05, 0) is 33.8 Å². The second kappa shape index (κ2) is 4.78. The quantitative estimate of drug-likeness (QED) is 0.864. The summed E-state index contributed by atoms with van der Waals surface area (Å²) in [7, 11) is 3.07. The minimum absolute atomic E-state index is 0.535. The molecule has 4 heteroatoms. The van der Waals surface area contributed by atoms with Gasteiger partial charge in [-0.1, -0.05) is 0 Å². The average molecular weight is 254 g/mol. The third-order valence-electron chi connectivity index (χ3n) is 2.84. The Hall–Kier alpha value is -1.26. The van der Waals surface area contributed by atoms with Gasteiger partial charge >= 0.3 is 0 Å². The second-order valence-electron chi connectivity index (χ2n) is 5.37. The smallest absolute Gasteiger partial charge is 0.128 e. The number of benzene rings is 1. The van der Waals surface area contributed by atoms with Crippen molar-refractivity contribution in [3.05, 3.63) is 23.3 Å². The lowest BCUT2D eigenvalue weighted by Gasteiger charge is -2.27. The molecule has 4 nitrogen and oxygen atoms in total. The second-order valence-corrected chi connectivity index (χ2v) is 5.37. The Morgan fingerprint density at radius 1 is 0.778 bits per heavy atom. The first kappa shape index (κ1) is 14.8. The van der Waals surface area contributed by atoms with E-state index in [1.54, 1.807) is 39.8 Å². The van der Waals surface area contributed by atoms with E-state index in [2.05, 4.69) is 0 Å². The van der Waals surface area contributed by atoms with Crippen LogP contribution in [0.25, 0.3) is 0 Å². The average Bonchev–Trinajstić information content (AvgIpc) is 2.24. The molecule has 0 fully saturated rings. The molecule has 18 heavy (non-hydrogen) atoms. The first-order valence-electron chi connectivity index (χ1n) is 5.83. The molecule has 1 rings (SSSR count). The van der Waals surface area contributed by atoms with Gasteiger partial charge in [0.2, 0.25) is 0 Å². The van der Waals surface area contributed by atoms with Crippen LogP contribution >= 0.6 is 0 Å². The molecule has 0 unspecified atom stereocenters. The van der Waals surface area contributed by atoms with Crippen molar-refractivity contribution in [1.29, 1.82) is 0 Å². The Morgan fingerprint density at radius 2 is 1.11 bits per heavy atom. The highest BCUT2D eigenvalue weighted by Crippen LogP contribution is 2.39. The molecule has 2 N–H and O–H groups in total. The highest BCUT2D eigenvalue weighted by molar-refractivity contribution is 5.50. The summed E-state index contributed by atoms with van der Waals surface area (Å²) in [5.74, 6) is 1.07. The summed E-state index contributed by atoms with van der Waals surface area (Å²) in [5, 5.41) is 20.3. The molecule has 0 saturated carbocycles. The summed E-state index contributed by atoms with van der Waals surface area (Å²) in [4.78, 5) is 0. The lowest BCUT2D eigenvalue weighted by atomic mass is 9.89. The van der Waals surface area contributed by atoms with E-state index in [1.807, 2.05) is 0 Å². The van der Waals surface area contributed by atoms with Crippen LogP contribution in [0.3, 0.4) is 0 Å². The van der Waals surface area contributed by atoms with E-state index >= 15 is 0 Å². The maximum Gasteiger partial charge on any atom is 0.128 e. The van der Waals surface area contributed by atoms with Gasteiger partial charge in [-0.3, -0.25) is 0 Å². The van der Waals surface area contributed by atoms with Crippen molar-refractivity contribution in [1.82, 2.24) is 0 Å². The summed E-state index contributed by atoms with van der Waals surface area (Å²) in [6.07, 6.45) is 0. The van der Waals surface area contributed by atoms with Gasteiger partial charge in [-0.15, -0.1) is 0 Å². The third kappa shape index (κ3) is 2.94. The minimum atomic E-state index is -1.06. The number of methoxy groups -OCH3 is 2. The van der Waals surface area contributed by atoms with Crippen molar-refractivity contribution >= 4 is 0 Å². The van der Waals surface area contributed by atoms with Crippen LogP contribution in [-0.2, 0) is 11.2 Å². The fourth-order valence-corrected chi connectivity index (χ4v) is 1.86. The van der Waals surface area contributed by atoms with E-state index in [0.29, 0.717) is 22.6 Å². The highest BCUT2D eigenvalue weighted by atomic mass is 16.5. The van der Waals surface area contributed by atoms with E-state index in [4.69, 9.17) is 9.47 Å². The molecular formula is C14H22O4. The molecule has 102 valence electrons. The van der Waals surface area contributed by atoms with Gasteiger partial charge in [0, 0.05) is 17.2 Å². The van der Waals surface area contributed by atoms with Crippen molar-refractivity contribution in [2.24, 2.45) is 0 Å². The Bertz CT molecular complexity index is 387.